The van der Waals surface area contributed by atoms with Crippen LogP contribution < -0.4 is 10.6 Å². The van der Waals surface area contributed by atoms with E-state index in [1.54, 1.807) is 0 Å². The minimum Gasteiger partial charge on any atom is -0.355 e. The summed E-state index contributed by atoms with van der Waals surface area (Å²) in [6.45, 7) is 6.16. The minimum absolute atomic E-state index is 0. The first-order valence-corrected chi connectivity index (χ1v) is 7.73. The van der Waals surface area contributed by atoms with Gasteiger partial charge in [-0.15, -0.1) is 12.4 Å². The van der Waals surface area contributed by atoms with Gasteiger partial charge in [-0.3, -0.25) is 4.79 Å². The molecule has 0 heterocycles. The molecule has 0 aromatic carbocycles. The van der Waals surface area contributed by atoms with Crippen LogP contribution in [0.4, 0.5) is 0 Å². The number of hydrogen-bond donors (Lipinski definition) is 2. The number of carbonyl (C=O) groups excluding carboxylic acids is 1. The van der Waals surface area contributed by atoms with E-state index < -0.39 is 9.84 Å². The second kappa shape index (κ2) is 9.58. The lowest BCUT2D eigenvalue weighted by molar-refractivity contribution is -0.120. The van der Waals surface area contributed by atoms with Crippen LogP contribution in [-0.2, 0) is 14.6 Å². The van der Waals surface area contributed by atoms with Crippen molar-refractivity contribution in [2.45, 2.75) is 33.2 Å². The Morgan fingerprint density at radius 3 is 2.22 bits per heavy atom. The predicted octanol–water partition coefficient (Wildman–Crippen LogP) is 0.593. The first kappa shape index (κ1) is 20.0. The maximum absolute atomic E-state index is 11.5. The summed E-state index contributed by atoms with van der Waals surface area (Å²) in [6.07, 6.45) is 0.0471. The molecule has 0 fully saturated rings. The number of hydrogen-bond acceptors (Lipinski definition) is 4. The first-order valence-electron chi connectivity index (χ1n) is 5.91. The monoisotopic (exact) mass is 300 g/mol. The lowest BCUT2D eigenvalue weighted by atomic mass is 10.3. The molecule has 0 spiro atoms. The van der Waals surface area contributed by atoms with Crippen LogP contribution in [-0.4, -0.2) is 45.5 Å². The highest BCUT2D eigenvalue weighted by Crippen LogP contribution is 2.02. The fourth-order valence-corrected chi connectivity index (χ4v) is 2.98. The Labute approximate surface area is 116 Å². The average Bonchev–Trinajstić information content (AvgIpc) is 2.21. The van der Waals surface area contributed by atoms with E-state index in [9.17, 15) is 13.2 Å². The van der Waals surface area contributed by atoms with Gasteiger partial charge in [-0.1, -0.05) is 13.8 Å². The molecule has 0 aliphatic rings. The average molecular weight is 301 g/mol. The summed E-state index contributed by atoms with van der Waals surface area (Å²) in [5.74, 6) is -0.0233. The quantitative estimate of drug-likeness (QED) is 0.688. The van der Waals surface area contributed by atoms with Crippen molar-refractivity contribution < 1.29 is 13.2 Å². The molecule has 1 unspecified atom stereocenters. The summed E-state index contributed by atoms with van der Waals surface area (Å²) in [5, 5.41) is 5.68. The van der Waals surface area contributed by atoms with E-state index >= 15 is 0 Å². The summed E-state index contributed by atoms with van der Waals surface area (Å²) in [6, 6.07) is 0.186. The second-order valence-electron chi connectivity index (χ2n) is 4.75. The molecule has 1 amide bonds. The number of rotatable bonds is 8. The van der Waals surface area contributed by atoms with Gasteiger partial charge in [0.25, 0.3) is 0 Å². The van der Waals surface area contributed by atoms with E-state index in [0.29, 0.717) is 6.54 Å². The molecule has 0 aromatic rings. The Morgan fingerprint density at radius 1 is 1.22 bits per heavy atom. The van der Waals surface area contributed by atoms with E-state index in [1.165, 1.54) is 0 Å². The summed E-state index contributed by atoms with van der Waals surface area (Å²) in [5.41, 5.74) is 0. The Hall–Kier alpha value is -0.330. The third kappa shape index (κ3) is 10.8. The van der Waals surface area contributed by atoms with Crippen molar-refractivity contribution in [3.63, 3.8) is 0 Å². The summed E-state index contributed by atoms with van der Waals surface area (Å²) in [7, 11) is -1.29. The third-order valence-corrected chi connectivity index (χ3v) is 4.33. The zero-order valence-electron chi connectivity index (χ0n) is 11.5. The maximum Gasteiger partial charge on any atom is 0.221 e. The predicted molar refractivity (Wildman–Crippen MR) is 76.9 cm³/mol. The van der Waals surface area contributed by atoms with Crippen molar-refractivity contribution in [3.8, 4) is 0 Å². The molecule has 0 bridgehead atoms. The fourth-order valence-electron chi connectivity index (χ4n) is 1.30. The lowest BCUT2D eigenvalue weighted by Gasteiger charge is -2.11. The van der Waals surface area contributed by atoms with Crippen molar-refractivity contribution in [3.05, 3.63) is 0 Å². The number of likely N-dealkylation sites (N-methyl/N-ethyl adjacent to an activating group) is 1. The summed E-state index contributed by atoms with van der Waals surface area (Å²) >= 11 is 0. The van der Waals surface area contributed by atoms with Crippen molar-refractivity contribution in [1.82, 2.24) is 10.6 Å². The molecule has 7 heteroatoms. The number of halogens is 1. The Balaban J connectivity index is 0. The molecule has 0 saturated carbocycles. The van der Waals surface area contributed by atoms with Gasteiger partial charge in [-0.05, 0) is 19.9 Å². The molecule has 18 heavy (non-hydrogen) atoms. The molecule has 0 aromatic heterocycles. The minimum atomic E-state index is -3.10. The molecule has 0 rings (SSSR count). The third-order valence-electron chi connectivity index (χ3n) is 2.33. The lowest BCUT2D eigenvalue weighted by Crippen LogP contribution is -2.37. The van der Waals surface area contributed by atoms with E-state index in [1.807, 2.05) is 27.8 Å². The number of sulfone groups is 1. The molecular formula is C11H25ClN2O3S. The zero-order valence-corrected chi connectivity index (χ0v) is 13.2. The Kier molecular flexibility index (Phi) is 10.6. The fraction of sp³-hybridized carbons (Fsp3) is 0.909. The highest BCUT2D eigenvalue weighted by Gasteiger charge is 2.15. The van der Waals surface area contributed by atoms with Crippen molar-refractivity contribution >= 4 is 28.2 Å². The number of amides is 1. The first-order chi connectivity index (χ1) is 7.76. The molecule has 0 radical (unpaired) electrons. The van der Waals surface area contributed by atoms with Gasteiger partial charge in [-0.25, -0.2) is 8.42 Å². The van der Waals surface area contributed by atoms with Crippen molar-refractivity contribution in [1.29, 1.82) is 0 Å². The molecule has 110 valence electrons. The molecule has 2 N–H and O–H groups in total. The molecule has 5 nitrogen and oxygen atoms in total. The van der Waals surface area contributed by atoms with Gasteiger partial charge in [0.1, 0.15) is 0 Å². The van der Waals surface area contributed by atoms with E-state index in [0.717, 1.165) is 0 Å². The maximum atomic E-state index is 11.5. The van der Waals surface area contributed by atoms with Crippen LogP contribution >= 0.6 is 12.4 Å². The van der Waals surface area contributed by atoms with Gasteiger partial charge in [0.05, 0.1) is 11.5 Å². The number of nitrogens with one attached hydrogen (secondary N) is 2. The van der Waals surface area contributed by atoms with Crippen LogP contribution in [0.1, 0.15) is 27.2 Å². The van der Waals surface area contributed by atoms with Gasteiger partial charge >= 0.3 is 0 Å². The standard InChI is InChI=1S/C11H24N2O3S.ClH/c1-9(2)8-17(15,16)6-5-11(14)13-7-10(3)12-4;/h9-10,12H,5-8H2,1-4H3,(H,13,14);1H. The van der Waals surface area contributed by atoms with Gasteiger partial charge < -0.3 is 10.6 Å². The normalized spacial score (nSPS) is 12.9. The topological polar surface area (TPSA) is 75.3 Å². The van der Waals surface area contributed by atoms with E-state index in [2.05, 4.69) is 10.6 Å². The molecule has 0 aliphatic heterocycles. The molecular weight excluding hydrogens is 276 g/mol. The number of carbonyl (C=O) groups is 1. The van der Waals surface area contributed by atoms with Crippen LogP contribution in [0.3, 0.4) is 0 Å². The van der Waals surface area contributed by atoms with Crippen molar-refractivity contribution in [2.75, 3.05) is 25.1 Å². The van der Waals surface area contributed by atoms with Gasteiger partial charge in [-0.2, -0.15) is 0 Å². The van der Waals surface area contributed by atoms with Gasteiger partial charge in [0.15, 0.2) is 9.84 Å². The smallest absolute Gasteiger partial charge is 0.221 e. The van der Waals surface area contributed by atoms with Crippen molar-refractivity contribution in [2.24, 2.45) is 5.92 Å². The summed E-state index contributed by atoms with van der Waals surface area (Å²) < 4.78 is 23.1. The van der Waals surface area contributed by atoms with Gasteiger partial charge in [0.2, 0.25) is 5.91 Å². The molecule has 0 saturated heterocycles. The summed E-state index contributed by atoms with van der Waals surface area (Å²) in [4.78, 5) is 11.4. The van der Waals surface area contributed by atoms with Crippen LogP contribution in [0.5, 0.6) is 0 Å². The molecule has 0 aliphatic carbocycles. The van der Waals surface area contributed by atoms with E-state index in [4.69, 9.17) is 0 Å². The largest absolute Gasteiger partial charge is 0.355 e. The van der Waals surface area contributed by atoms with Crippen LogP contribution in [0.2, 0.25) is 0 Å². The SMILES string of the molecule is CNC(C)CNC(=O)CCS(=O)(=O)CC(C)C.Cl. The Bertz CT molecular complexity index is 331. The van der Waals surface area contributed by atoms with Crippen LogP contribution in [0.25, 0.3) is 0 Å². The second-order valence-corrected chi connectivity index (χ2v) is 6.98. The zero-order chi connectivity index (χ0) is 13.5. The van der Waals surface area contributed by atoms with Crippen LogP contribution in [0, 0.1) is 5.92 Å². The highest BCUT2D eigenvalue weighted by molar-refractivity contribution is 7.91. The van der Waals surface area contributed by atoms with Gasteiger partial charge in [0, 0.05) is 19.0 Å². The van der Waals surface area contributed by atoms with Crippen LogP contribution in [0.15, 0.2) is 0 Å². The molecule has 1 atom stereocenters. The highest BCUT2D eigenvalue weighted by atomic mass is 35.5. The Morgan fingerprint density at radius 2 is 1.78 bits per heavy atom. The van der Waals surface area contributed by atoms with E-state index in [-0.39, 0.29) is 48.2 Å².